The molecule has 2 heterocycles. The van der Waals surface area contributed by atoms with Crippen molar-refractivity contribution in [1.29, 1.82) is 0 Å². The quantitative estimate of drug-likeness (QED) is 0.231. The van der Waals surface area contributed by atoms with Gasteiger partial charge in [0, 0.05) is 13.7 Å². The van der Waals surface area contributed by atoms with E-state index < -0.39 is 15.6 Å². The van der Waals surface area contributed by atoms with Crippen LogP contribution in [0.2, 0.25) is 0 Å². The van der Waals surface area contributed by atoms with Crippen molar-refractivity contribution in [3.05, 3.63) is 6.33 Å². The Kier molecular flexibility index (Phi) is 12.2. The van der Waals surface area contributed by atoms with E-state index in [1.54, 1.807) is 27.3 Å². The van der Waals surface area contributed by atoms with E-state index in [1.165, 1.54) is 0 Å². The van der Waals surface area contributed by atoms with Crippen LogP contribution in [0.5, 0.6) is 5.88 Å². The molecule has 2 aromatic rings. The van der Waals surface area contributed by atoms with Crippen LogP contribution in [0.1, 0.15) is 39.5 Å². The summed E-state index contributed by atoms with van der Waals surface area (Å²) in [5.41, 5.74) is 7.01. The van der Waals surface area contributed by atoms with Gasteiger partial charge in [-0.3, -0.25) is 4.57 Å². The third-order valence-corrected chi connectivity index (χ3v) is 8.53. The molecule has 1 atom stereocenters. The Morgan fingerprint density at radius 1 is 1.06 bits per heavy atom. The first-order valence-corrected chi connectivity index (χ1v) is 14.1. The Morgan fingerprint density at radius 2 is 1.79 bits per heavy atom. The first-order valence-electron chi connectivity index (χ1n) is 11.0. The predicted molar refractivity (Wildman–Crippen MR) is 125 cm³/mol. The Hall–Kier alpha value is -1.68. The fraction of sp³-hybridized carbons (Fsp3) is 0.737. The molecule has 186 valence electrons. The normalized spacial score (nSPS) is 12.4. The maximum Gasteiger partial charge on any atom is 0.521 e. The van der Waals surface area contributed by atoms with Gasteiger partial charge in [0.2, 0.25) is 11.8 Å². The van der Waals surface area contributed by atoms with Crippen molar-refractivity contribution in [3.8, 4) is 5.88 Å². The van der Waals surface area contributed by atoms with Crippen molar-refractivity contribution < 1.29 is 32.2 Å². The van der Waals surface area contributed by atoms with Gasteiger partial charge >= 0.3 is 15.6 Å². The summed E-state index contributed by atoms with van der Waals surface area (Å²) in [7, 11) is -3.86. The van der Waals surface area contributed by atoms with Crippen LogP contribution in [0.3, 0.4) is 0 Å². The average Bonchev–Trinajstić information content (AvgIpc) is 3.16. The lowest BCUT2D eigenvalue weighted by Crippen LogP contribution is -2.08. The monoisotopic (exact) mass is 506 g/mol. The third kappa shape index (κ3) is 9.23. The highest BCUT2D eigenvalue weighted by Crippen LogP contribution is 2.54. The highest BCUT2D eigenvalue weighted by Gasteiger charge is 2.37. The number of hydrogen-bond acceptors (Lipinski definition) is 11. The Balaban J connectivity index is 1.72. The summed E-state index contributed by atoms with van der Waals surface area (Å²) in [5.74, 6) is 0.249. The molecule has 0 amide bonds. The van der Waals surface area contributed by atoms with Crippen LogP contribution in [0.4, 0.5) is 5.95 Å². The van der Waals surface area contributed by atoms with Crippen LogP contribution in [0, 0.1) is 0 Å². The summed E-state index contributed by atoms with van der Waals surface area (Å²) >= 11 is 0. The number of unbranched alkanes of at least 4 members (excludes halogenated alkanes) is 3. The molecule has 2 rings (SSSR count). The third-order valence-electron chi connectivity index (χ3n) is 4.44. The average molecular weight is 506 g/mol. The molecule has 0 fully saturated rings. The second kappa shape index (κ2) is 14.6. The fourth-order valence-electron chi connectivity index (χ4n) is 3.02. The topological polar surface area (TPSA) is 150 Å². The minimum absolute atomic E-state index is 0.126. The smallest absolute Gasteiger partial charge is 0.474 e. The summed E-state index contributed by atoms with van der Waals surface area (Å²) in [6.07, 6.45) is 5.17. The second-order valence-electron chi connectivity index (χ2n) is 7.01. The van der Waals surface area contributed by atoms with Crippen molar-refractivity contribution in [2.24, 2.45) is 0 Å². The van der Waals surface area contributed by atoms with Crippen molar-refractivity contribution >= 4 is 32.7 Å². The van der Waals surface area contributed by atoms with Crippen molar-refractivity contribution in [1.82, 2.24) is 19.5 Å². The summed E-state index contributed by atoms with van der Waals surface area (Å²) < 4.78 is 52.5. The van der Waals surface area contributed by atoms with E-state index in [1.807, 2.05) is 4.57 Å². The van der Waals surface area contributed by atoms with Crippen LogP contribution in [-0.4, -0.2) is 65.6 Å². The van der Waals surface area contributed by atoms with Gasteiger partial charge in [0.15, 0.2) is 11.2 Å². The number of fused-ring (bicyclic) bond motifs is 1. The van der Waals surface area contributed by atoms with Gasteiger partial charge in [-0.1, -0.05) is 12.8 Å². The number of nitrogens with zero attached hydrogens (tertiary/aromatic N) is 4. The number of imidazole rings is 1. The Labute approximate surface area is 194 Å². The molecular formula is C19H34N5O7P2+. The van der Waals surface area contributed by atoms with E-state index >= 15 is 0 Å². The molecule has 0 aliphatic rings. The molecule has 2 N–H and O–H groups in total. The molecule has 0 aliphatic heterocycles. The van der Waals surface area contributed by atoms with Crippen molar-refractivity contribution in [3.63, 3.8) is 0 Å². The molecular weight excluding hydrogens is 472 g/mol. The summed E-state index contributed by atoms with van der Waals surface area (Å²) in [6.45, 7) is 5.70. The van der Waals surface area contributed by atoms with Crippen LogP contribution in [0.15, 0.2) is 6.33 Å². The largest absolute Gasteiger partial charge is 0.521 e. The van der Waals surface area contributed by atoms with Gasteiger partial charge in [-0.2, -0.15) is 9.97 Å². The lowest BCUT2D eigenvalue weighted by atomic mass is 10.2. The first kappa shape index (κ1) is 27.6. The van der Waals surface area contributed by atoms with E-state index in [4.69, 9.17) is 28.8 Å². The van der Waals surface area contributed by atoms with Gasteiger partial charge in [-0.25, -0.2) is 4.98 Å². The Morgan fingerprint density at radius 3 is 2.48 bits per heavy atom. The number of anilines is 1. The summed E-state index contributed by atoms with van der Waals surface area (Å²) in [6, 6.07) is 0. The number of nitrogens with two attached hydrogens (primary N) is 1. The zero-order valence-corrected chi connectivity index (χ0v) is 21.3. The summed E-state index contributed by atoms with van der Waals surface area (Å²) in [5, 5.41) is 0. The molecule has 14 heteroatoms. The molecule has 33 heavy (non-hydrogen) atoms. The number of ether oxygens (including phenoxy) is 2. The van der Waals surface area contributed by atoms with E-state index in [9.17, 15) is 9.13 Å². The highest BCUT2D eigenvalue weighted by atomic mass is 31.2. The maximum absolute atomic E-state index is 12.4. The fourth-order valence-corrected chi connectivity index (χ4v) is 6.32. The summed E-state index contributed by atoms with van der Waals surface area (Å²) in [4.78, 5) is 12.8. The van der Waals surface area contributed by atoms with E-state index in [0.29, 0.717) is 43.4 Å². The lowest BCUT2D eigenvalue weighted by molar-refractivity contribution is 0.144. The second-order valence-corrected chi connectivity index (χ2v) is 10.8. The van der Waals surface area contributed by atoms with Crippen LogP contribution in [-0.2, 0) is 34.0 Å². The van der Waals surface area contributed by atoms with Gasteiger partial charge in [-0.05, 0) is 31.3 Å². The molecule has 0 aliphatic carbocycles. The standard InChI is InChI=1S/C19H34N5O7P2/c1-4-30-33(26,31-5-2)15-32(25)29-11-9-7-6-8-10-24-14-21-16-17(24)22-19(20)23-18(16)28-13-12-27-3/h14H,4-13,15H2,1-3H3,(H2,20,22,23)/q+1. The predicted octanol–water partition coefficient (Wildman–Crippen LogP) is 3.98. The molecule has 0 bridgehead atoms. The van der Waals surface area contributed by atoms with Crippen LogP contribution >= 0.6 is 15.6 Å². The van der Waals surface area contributed by atoms with Crippen molar-refractivity contribution in [2.75, 3.05) is 51.8 Å². The molecule has 0 saturated heterocycles. The molecule has 0 aromatic carbocycles. The molecule has 0 spiro atoms. The van der Waals surface area contributed by atoms with E-state index in [2.05, 4.69) is 15.0 Å². The number of methoxy groups -OCH3 is 1. The van der Waals surface area contributed by atoms with E-state index in [0.717, 1.165) is 25.7 Å². The molecule has 2 aromatic heterocycles. The SMILES string of the molecule is CCOP(=O)(C[P+](=O)OCCCCCCn1cnc2c(OCCOC)nc(N)nc21)OCC. The van der Waals surface area contributed by atoms with Crippen LogP contribution < -0.4 is 10.5 Å². The van der Waals surface area contributed by atoms with E-state index in [-0.39, 0.29) is 25.1 Å². The van der Waals surface area contributed by atoms with Gasteiger partial charge in [0.1, 0.15) is 13.2 Å². The number of nitrogen functional groups attached to an aromatic ring is 1. The van der Waals surface area contributed by atoms with Gasteiger partial charge in [0.05, 0.1) is 26.1 Å². The van der Waals surface area contributed by atoms with Gasteiger partial charge in [-0.15, -0.1) is 4.52 Å². The lowest BCUT2D eigenvalue weighted by Gasteiger charge is -2.11. The highest BCUT2D eigenvalue weighted by molar-refractivity contribution is 7.65. The zero-order valence-electron chi connectivity index (χ0n) is 19.5. The van der Waals surface area contributed by atoms with Crippen molar-refractivity contribution in [2.45, 2.75) is 46.1 Å². The number of aryl methyl sites for hydroxylation is 1. The first-order chi connectivity index (χ1) is 15.9. The maximum atomic E-state index is 12.4. The molecule has 0 saturated carbocycles. The Bertz CT molecular complexity index is 917. The number of hydrogen-bond donors (Lipinski definition) is 1. The molecule has 0 radical (unpaired) electrons. The van der Waals surface area contributed by atoms with Gasteiger partial charge in [0.25, 0.3) is 5.90 Å². The molecule has 1 unspecified atom stereocenters. The molecule has 12 nitrogen and oxygen atoms in total. The minimum Gasteiger partial charge on any atom is -0.474 e. The number of rotatable bonds is 18. The number of aromatic nitrogens is 4. The van der Waals surface area contributed by atoms with Crippen LogP contribution in [0.25, 0.3) is 11.2 Å². The van der Waals surface area contributed by atoms with Gasteiger partial charge < -0.3 is 28.8 Å². The minimum atomic E-state index is -3.36. The zero-order chi connectivity index (χ0) is 24.1.